The Bertz CT molecular complexity index is 1380. The molecule has 3 aromatic heterocycles. The van der Waals surface area contributed by atoms with Crippen LogP contribution in [0.1, 0.15) is 64.9 Å². The number of carbonyl (C=O) groups is 1. The Morgan fingerprint density at radius 3 is 2.54 bits per heavy atom. The van der Waals surface area contributed by atoms with Crippen LogP contribution in [0.4, 0.5) is 0 Å². The maximum Gasteiger partial charge on any atom is 0.163 e. The summed E-state index contributed by atoms with van der Waals surface area (Å²) in [4.78, 5) is 19.5. The van der Waals surface area contributed by atoms with Crippen molar-refractivity contribution in [3.05, 3.63) is 87.0 Å². The highest BCUT2D eigenvalue weighted by Crippen LogP contribution is 2.39. The molecule has 6 nitrogen and oxygen atoms in total. The van der Waals surface area contributed by atoms with Crippen LogP contribution in [0.2, 0.25) is 5.02 Å². The molecule has 0 amide bonds. The Morgan fingerprint density at radius 1 is 1.06 bits per heavy atom. The van der Waals surface area contributed by atoms with Crippen LogP contribution in [0, 0.1) is 20.8 Å². The van der Waals surface area contributed by atoms with Gasteiger partial charge in [-0.2, -0.15) is 0 Å². The first-order valence-corrected chi connectivity index (χ1v) is 13.1. The normalized spacial score (nSPS) is 14.9. The summed E-state index contributed by atoms with van der Waals surface area (Å²) < 4.78 is 4.24. The van der Waals surface area contributed by atoms with Crippen LogP contribution in [-0.4, -0.2) is 30.8 Å². The lowest BCUT2D eigenvalue weighted by Crippen LogP contribution is -2.11. The second-order valence-corrected chi connectivity index (χ2v) is 10.7. The van der Waals surface area contributed by atoms with Gasteiger partial charge in [-0.3, -0.25) is 14.4 Å². The summed E-state index contributed by atoms with van der Waals surface area (Å²) in [6.45, 7) is 7.14. The fraction of sp³-hybridized carbons (Fsp3) is 0.333. The third-order valence-corrected chi connectivity index (χ3v) is 8.01. The molecule has 1 unspecified atom stereocenters. The molecule has 4 aromatic rings. The van der Waals surface area contributed by atoms with Gasteiger partial charge in [0.15, 0.2) is 5.82 Å². The molecule has 1 aliphatic rings. The van der Waals surface area contributed by atoms with E-state index < -0.39 is 6.04 Å². The average molecular weight is 506 g/mol. The number of aliphatic imine (C=N–C) groups is 1. The molecule has 0 spiro atoms. The lowest BCUT2D eigenvalue weighted by molar-refractivity contribution is -0.119. The van der Waals surface area contributed by atoms with E-state index in [1.807, 2.05) is 43.3 Å². The number of Topliss-reactive ketones (excluding diaryl/α,β-unsaturated/α-hetero) is 1. The SMILES string of the molecule is Cc1sc2c(c1C)C(c1ccc(Cl)cc1)=NC(CC(=O)CCCCn1cccc1)c1nnc(C)n1-2. The zero-order valence-electron chi connectivity index (χ0n) is 20.2. The topological polar surface area (TPSA) is 65.1 Å². The average Bonchev–Trinajstić information content (AvgIpc) is 3.53. The molecule has 0 bridgehead atoms. The van der Waals surface area contributed by atoms with Crippen LogP contribution in [0.15, 0.2) is 53.8 Å². The Kier molecular flexibility index (Phi) is 6.71. The molecule has 0 aliphatic carbocycles. The number of fused-ring (bicyclic) bond motifs is 3. The van der Waals surface area contributed by atoms with Crippen molar-refractivity contribution in [1.82, 2.24) is 19.3 Å². The number of unbranched alkanes of at least 4 members (excludes halogenated alkanes) is 1. The standard InChI is InChI=1S/C27H28ClN5OS/c1-17-18(2)35-27-24(17)25(20-9-11-21(28)12-10-20)29-23(26-31-30-19(3)33(26)27)16-22(34)8-4-5-13-32-14-6-7-15-32/h6-7,9-12,14-15,23H,4-5,8,13,16H2,1-3H3. The van der Waals surface area contributed by atoms with E-state index in [0.717, 1.165) is 52.9 Å². The number of ketones is 1. The molecule has 0 N–H and O–H groups in total. The number of thiophene rings is 1. The van der Waals surface area contributed by atoms with Crippen LogP contribution >= 0.6 is 22.9 Å². The van der Waals surface area contributed by atoms with Crippen LogP contribution in [-0.2, 0) is 11.3 Å². The van der Waals surface area contributed by atoms with Gasteiger partial charge in [0, 0.05) is 52.8 Å². The van der Waals surface area contributed by atoms with Gasteiger partial charge in [-0.15, -0.1) is 21.5 Å². The van der Waals surface area contributed by atoms with Gasteiger partial charge in [0.2, 0.25) is 0 Å². The van der Waals surface area contributed by atoms with E-state index in [2.05, 4.69) is 45.6 Å². The minimum absolute atomic E-state index is 0.201. The number of carbonyl (C=O) groups excluding carboxylic acids is 1. The van der Waals surface area contributed by atoms with Crippen molar-refractivity contribution in [3.8, 4) is 5.00 Å². The maximum absolute atomic E-state index is 13.1. The summed E-state index contributed by atoms with van der Waals surface area (Å²) in [7, 11) is 0. The van der Waals surface area contributed by atoms with Gasteiger partial charge in [0.1, 0.15) is 22.7 Å². The maximum atomic E-state index is 13.1. The van der Waals surface area contributed by atoms with Gasteiger partial charge >= 0.3 is 0 Å². The van der Waals surface area contributed by atoms with Crippen molar-refractivity contribution < 1.29 is 4.79 Å². The third kappa shape index (κ3) is 4.75. The highest BCUT2D eigenvalue weighted by atomic mass is 35.5. The van der Waals surface area contributed by atoms with Crippen LogP contribution < -0.4 is 0 Å². The molecule has 0 saturated heterocycles. The summed E-state index contributed by atoms with van der Waals surface area (Å²) in [5, 5.41) is 10.6. The molecule has 1 aliphatic heterocycles. The van der Waals surface area contributed by atoms with Crippen molar-refractivity contribution in [2.24, 2.45) is 4.99 Å². The lowest BCUT2D eigenvalue weighted by atomic mass is 9.99. The van der Waals surface area contributed by atoms with Crippen LogP contribution in [0.25, 0.3) is 5.00 Å². The summed E-state index contributed by atoms with van der Waals surface area (Å²) >= 11 is 7.90. The molecular formula is C27H28ClN5OS. The molecule has 8 heteroatoms. The highest BCUT2D eigenvalue weighted by molar-refractivity contribution is 7.15. The number of hydrogen-bond acceptors (Lipinski definition) is 5. The van der Waals surface area contributed by atoms with E-state index in [-0.39, 0.29) is 5.78 Å². The Labute approximate surface area is 214 Å². The zero-order chi connectivity index (χ0) is 24.5. The summed E-state index contributed by atoms with van der Waals surface area (Å²) in [6.07, 6.45) is 6.78. The quantitative estimate of drug-likeness (QED) is 0.259. The Morgan fingerprint density at radius 2 is 1.80 bits per heavy atom. The number of rotatable bonds is 8. The zero-order valence-corrected chi connectivity index (χ0v) is 21.7. The molecule has 0 radical (unpaired) electrons. The summed E-state index contributed by atoms with van der Waals surface area (Å²) in [5.74, 6) is 1.74. The van der Waals surface area contributed by atoms with E-state index in [0.29, 0.717) is 17.9 Å². The number of aryl methyl sites for hydroxylation is 3. The second-order valence-electron chi connectivity index (χ2n) is 9.03. The van der Waals surface area contributed by atoms with Gasteiger partial charge in [-0.05, 0) is 63.4 Å². The van der Waals surface area contributed by atoms with Gasteiger partial charge in [0.05, 0.1) is 5.71 Å². The smallest absolute Gasteiger partial charge is 0.163 e. The minimum Gasteiger partial charge on any atom is -0.354 e. The van der Waals surface area contributed by atoms with E-state index in [1.165, 1.54) is 10.4 Å². The first kappa shape index (κ1) is 23.7. The molecule has 0 saturated carbocycles. The van der Waals surface area contributed by atoms with Gasteiger partial charge < -0.3 is 4.57 Å². The Hall–Kier alpha value is -3.03. The van der Waals surface area contributed by atoms with E-state index >= 15 is 0 Å². The molecule has 180 valence electrons. The van der Waals surface area contributed by atoms with Crippen LogP contribution in [0.5, 0.6) is 0 Å². The highest BCUT2D eigenvalue weighted by Gasteiger charge is 2.32. The van der Waals surface area contributed by atoms with Gasteiger partial charge in [0.25, 0.3) is 0 Å². The van der Waals surface area contributed by atoms with Gasteiger partial charge in [-0.1, -0.05) is 23.7 Å². The first-order chi connectivity index (χ1) is 16.9. The Balaban J connectivity index is 1.46. The van der Waals surface area contributed by atoms with Gasteiger partial charge in [-0.25, -0.2) is 0 Å². The first-order valence-electron chi connectivity index (χ1n) is 11.9. The predicted molar refractivity (Wildman–Crippen MR) is 141 cm³/mol. The van der Waals surface area contributed by atoms with Crippen molar-refractivity contribution in [2.75, 3.05) is 0 Å². The number of benzene rings is 1. The number of hydrogen-bond donors (Lipinski definition) is 0. The van der Waals surface area contributed by atoms with E-state index in [1.54, 1.807) is 11.3 Å². The van der Waals surface area contributed by atoms with Crippen molar-refractivity contribution in [2.45, 2.75) is 59.0 Å². The fourth-order valence-electron chi connectivity index (χ4n) is 4.59. The molecule has 1 atom stereocenters. The number of nitrogens with zero attached hydrogens (tertiary/aromatic N) is 5. The predicted octanol–water partition coefficient (Wildman–Crippen LogP) is 6.43. The summed E-state index contributed by atoms with van der Waals surface area (Å²) in [6, 6.07) is 11.4. The van der Waals surface area contributed by atoms with E-state index in [4.69, 9.17) is 16.6 Å². The fourth-order valence-corrected chi connectivity index (χ4v) is 5.93. The molecule has 1 aromatic carbocycles. The van der Waals surface area contributed by atoms with Crippen molar-refractivity contribution >= 4 is 34.4 Å². The van der Waals surface area contributed by atoms with Crippen molar-refractivity contribution in [3.63, 3.8) is 0 Å². The monoisotopic (exact) mass is 505 g/mol. The minimum atomic E-state index is -0.391. The molecule has 0 fully saturated rings. The van der Waals surface area contributed by atoms with Crippen LogP contribution in [0.3, 0.4) is 0 Å². The molecule has 5 rings (SSSR count). The van der Waals surface area contributed by atoms with E-state index in [9.17, 15) is 4.79 Å². The molecule has 35 heavy (non-hydrogen) atoms. The molecule has 4 heterocycles. The second kappa shape index (κ2) is 9.91. The largest absolute Gasteiger partial charge is 0.354 e. The molecular weight excluding hydrogens is 478 g/mol. The number of halogens is 1. The summed E-state index contributed by atoms with van der Waals surface area (Å²) in [5.41, 5.74) is 4.14. The number of aromatic nitrogens is 4. The lowest BCUT2D eigenvalue weighted by Gasteiger charge is -2.12. The third-order valence-electron chi connectivity index (χ3n) is 6.57. The van der Waals surface area contributed by atoms with Crippen molar-refractivity contribution in [1.29, 1.82) is 0 Å².